The molecule has 0 radical (unpaired) electrons. The van der Waals surface area contributed by atoms with Gasteiger partial charge in [0, 0.05) is 12.5 Å². The third-order valence-electron chi connectivity index (χ3n) is 2.45. The zero-order valence-electron chi connectivity index (χ0n) is 10.3. The molecule has 0 saturated carbocycles. The molecule has 0 unspecified atom stereocenters. The van der Waals surface area contributed by atoms with E-state index in [2.05, 4.69) is 34.9 Å². The number of nitrogens with zero attached hydrogens (tertiary/aromatic N) is 2. The zero-order valence-corrected chi connectivity index (χ0v) is 11.9. The number of carbonyl (C=O) groups is 1. The Kier molecular flexibility index (Phi) is 4.71. The van der Waals surface area contributed by atoms with Gasteiger partial charge in [0.2, 0.25) is 0 Å². The second kappa shape index (κ2) is 5.62. The Morgan fingerprint density at radius 3 is 2.56 bits per heavy atom. The van der Waals surface area contributed by atoms with E-state index in [4.69, 9.17) is 0 Å². The van der Waals surface area contributed by atoms with Gasteiger partial charge in [-0.3, -0.25) is 9.48 Å². The summed E-state index contributed by atoms with van der Waals surface area (Å²) in [5.74, 6) is 0.727. The van der Waals surface area contributed by atoms with Crippen molar-refractivity contribution in [1.82, 2.24) is 9.78 Å². The molecule has 0 spiro atoms. The first kappa shape index (κ1) is 13.4. The SMILES string of the molecule is CC(C)CCC(=O)c1c(Br)cnn1C(C)C. The van der Waals surface area contributed by atoms with Crippen molar-refractivity contribution in [2.24, 2.45) is 5.92 Å². The van der Waals surface area contributed by atoms with Crippen LogP contribution in [0.3, 0.4) is 0 Å². The highest BCUT2D eigenvalue weighted by Gasteiger charge is 2.18. The van der Waals surface area contributed by atoms with Gasteiger partial charge in [-0.1, -0.05) is 13.8 Å². The summed E-state index contributed by atoms with van der Waals surface area (Å²) in [6.45, 7) is 8.31. The van der Waals surface area contributed by atoms with Gasteiger partial charge in [0.25, 0.3) is 0 Å². The Balaban J connectivity index is 2.85. The first-order valence-corrected chi connectivity index (χ1v) is 6.49. The summed E-state index contributed by atoms with van der Waals surface area (Å²) < 4.78 is 2.59. The lowest BCUT2D eigenvalue weighted by molar-refractivity contribution is 0.0962. The van der Waals surface area contributed by atoms with Crippen LogP contribution >= 0.6 is 15.9 Å². The summed E-state index contributed by atoms with van der Waals surface area (Å²) in [4.78, 5) is 12.1. The van der Waals surface area contributed by atoms with E-state index in [0.717, 1.165) is 10.9 Å². The first-order valence-electron chi connectivity index (χ1n) is 5.69. The maximum Gasteiger partial charge on any atom is 0.182 e. The number of hydrogen-bond acceptors (Lipinski definition) is 2. The average Bonchev–Trinajstić information content (AvgIpc) is 2.56. The van der Waals surface area contributed by atoms with Crippen LogP contribution in [0.4, 0.5) is 0 Å². The van der Waals surface area contributed by atoms with Crippen LogP contribution in [0.15, 0.2) is 10.7 Å². The number of Topliss-reactive ketones (excluding diaryl/α,β-unsaturated/α-hetero) is 1. The Labute approximate surface area is 105 Å². The summed E-state index contributed by atoms with van der Waals surface area (Å²) in [6, 6.07) is 0.212. The lowest BCUT2D eigenvalue weighted by atomic mass is 10.0. The van der Waals surface area contributed by atoms with Crippen molar-refractivity contribution in [1.29, 1.82) is 0 Å². The second-order valence-corrected chi connectivity index (χ2v) is 5.59. The number of hydrogen-bond donors (Lipinski definition) is 0. The van der Waals surface area contributed by atoms with Gasteiger partial charge < -0.3 is 0 Å². The van der Waals surface area contributed by atoms with Crippen LogP contribution in [-0.2, 0) is 0 Å². The van der Waals surface area contributed by atoms with Crippen LogP contribution < -0.4 is 0 Å². The molecule has 0 aromatic carbocycles. The van der Waals surface area contributed by atoms with Crippen LogP contribution in [0.1, 0.15) is 57.1 Å². The molecular formula is C12H19BrN2O. The highest BCUT2D eigenvalue weighted by molar-refractivity contribution is 9.10. The van der Waals surface area contributed by atoms with Gasteiger partial charge in [0.15, 0.2) is 5.78 Å². The van der Waals surface area contributed by atoms with Gasteiger partial charge >= 0.3 is 0 Å². The smallest absolute Gasteiger partial charge is 0.182 e. The van der Waals surface area contributed by atoms with Crippen molar-refractivity contribution in [3.05, 3.63) is 16.4 Å². The molecular weight excluding hydrogens is 268 g/mol. The quantitative estimate of drug-likeness (QED) is 0.771. The van der Waals surface area contributed by atoms with Crippen LogP contribution in [0.5, 0.6) is 0 Å². The summed E-state index contributed by atoms with van der Waals surface area (Å²) in [6.07, 6.45) is 3.21. The normalized spacial score (nSPS) is 11.4. The van der Waals surface area contributed by atoms with Crippen LogP contribution in [-0.4, -0.2) is 15.6 Å². The Morgan fingerprint density at radius 2 is 2.06 bits per heavy atom. The summed E-state index contributed by atoms with van der Waals surface area (Å²) >= 11 is 3.39. The molecule has 0 N–H and O–H groups in total. The van der Waals surface area contributed by atoms with E-state index in [9.17, 15) is 4.79 Å². The van der Waals surface area contributed by atoms with Gasteiger partial charge in [-0.15, -0.1) is 0 Å². The molecule has 0 saturated heterocycles. The molecule has 0 amide bonds. The van der Waals surface area contributed by atoms with E-state index in [-0.39, 0.29) is 11.8 Å². The lowest BCUT2D eigenvalue weighted by Crippen LogP contribution is -2.13. The number of ketones is 1. The van der Waals surface area contributed by atoms with Gasteiger partial charge in [0.05, 0.1) is 10.7 Å². The zero-order chi connectivity index (χ0) is 12.3. The first-order chi connectivity index (χ1) is 7.43. The monoisotopic (exact) mass is 286 g/mol. The molecule has 1 rings (SSSR count). The maximum absolute atomic E-state index is 12.1. The fraction of sp³-hybridized carbons (Fsp3) is 0.667. The highest BCUT2D eigenvalue weighted by atomic mass is 79.9. The third-order valence-corrected chi connectivity index (χ3v) is 3.03. The molecule has 16 heavy (non-hydrogen) atoms. The fourth-order valence-corrected chi connectivity index (χ4v) is 2.03. The minimum Gasteiger partial charge on any atom is -0.292 e. The van der Waals surface area contributed by atoms with Gasteiger partial charge in [-0.2, -0.15) is 5.10 Å². The molecule has 1 heterocycles. The van der Waals surface area contributed by atoms with Crippen molar-refractivity contribution in [2.45, 2.75) is 46.6 Å². The fourth-order valence-electron chi connectivity index (χ4n) is 1.53. The number of rotatable bonds is 5. The van der Waals surface area contributed by atoms with Gasteiger partial charge in [-0.25, -0.2) is 0 Å². The maximum atomic E-state index is 12.1. The average molecular weight is 287 g/mol. The summed E-state index contributed by atoms with van der Waals surface area (Å²) in [5.41, 5.74) is 0.704. The standard InChI is InChI=1S/C12H19BrN2O/c1-8(2)5-6-11(16)12-10(13)7-14-15(12)9(3)4/h7-9H,5-6H2,1-4H3. The number of halogens is 1. The van der Waals surface area contributed by atoms with Crippen molar-refractivity contribution >= 4 is 21.7 Å². The minimum atomic E-state index is 0.173. The van der Waals surface area contributed by atoms with E-state index >= 15 is 0 Å². The van der Waals surface area contributed by atoms with Crippen molar-refractivity contribution in [2.75, 3.05) is 0 Å². The molecule has 0 aliphatic carbocycles. The minimum absolute atomic E-state index is 0.173. The molecule has 0 aliphatic rings. The number of aromatic nitrogens is 2. The molecule has 90 valence electrons. The Hall–Kier alpha value is -0.640. The molecule has 3 nitrogen and oxygen atoms in total. The van der Waals surface area contributed by atoms with E-state index in [1.54, 1.807) is 10.9 Å². The van der Waals surface area contributed by atoms with E-state index in [0.29, 0.717) is 18.0 Å². The van der Waals surface area contributed by atoms with E-state index < -0.39 is 0 Å². The molecule has 1 aromatic rings. The van der Waals surface area contributed by atoms with Crippen molar-refractivity contribution in [3.8, 4) is 0 Å². The molecule has 0 aliphatic heterocycles. The largest absolute Gasteiger partial charge is 0.292 e. The summed E-state index contributed by atoms with van der Waals surface area (Å²) in [5, 5.41) is 4.21. The van der Waals surface area contributed by atoms with Crippen LogP contribution in [0.2, 0.25) is 0 Å². The lowest BCUT2D eigenvalue weighted by Gasteiger charge is -2.11. The van der Waals surface area contributed by atoms with E-state index in [1.165, 1.54) is 0 Å². The molecule has 1 aromatic heterocycles. The highest BCUT2D eigenvalue weighted by Crippen LogP contribution is 2.22. The van der Waals surface area contributed by atoms with Crippen LogP contribution in [0.25, 0.3) is 0 Å². The topological polar surface area (TPSA) is 34.9 Å². The molecule has 0 atom stereocenters. The van der Waals surface area contributed by atoms with Gasteiger partial charge in [-0.05, 0) is 42.1 Å². The van der Waals surface area contributed by atoms with Crippen molar-refractivity contribution < 1.29 is 4.79 Å². The van der Waals surface area contributed by atoms with Crippen LogP contribution in [0, 0.1) is 5.92 Å². The van der Waals surface area contributed by atoms with Gasteiger partial charge in [0.1, 0.15) is 5.69 Å². The molecule has 4 heteroatoms. The summed E-state index contributed by atoms with van der Waals surface area (Å²) in [7, 11) is 0. The molecule has 0 bridgehead atoms. The Bertz CT molecular complexity index is 369. The molecule has 0 fully saturated rings. The predicted octanol–water partition coefficient (Wildman–Crippen LogP) is 3.85. The van der Waals surface area contributed by atoms with E-state index in [1.807, 2.05) is 13.8 Å². The second-order valence-electron chi connectivity index (χ2n) is 4.74. The number of carbonyl (C=O) groups excluding carboxylic acids is 1. The third kappa shape index (κ3) is 3.17. The predicted molar refractivity (Wildman–Crippen MR) is 68.7 cm³/mol. The van der Waals surface area contributed by atoms with Crippen molar-refractivity contribution in [3.63, 3.8) is 0 Å². The Morgan fingerprint density at radius 1 is 1.44 bits per heavy atom.